The van der Waals surface area contributed by atoms with E-state index in [0.717, 1.165) is 16.3 Å². The molecule has 0 spiro atoms. The van der Waals surface area contributed by atoms with Crippen molar-refractivity contribution in [1.29, 1.82) is 0 Å². The Morgan fingerprint density at radius 3 is 2.58 bits per heavy atom. The van der Waals surface area contributed by atoms with Crippen LogP contribution in [-0.4, -0.2) is 24.3 Å². The fourth-order valence-corrected chi connectivity index (χ4v) is 3.22. The predicted molar refractivity (Wildman–Crippen MR) is 80.6 cm³/mol. The Kier molecular flexibility index (Phi) is 5.49. The number of anilines is 1. The first-order chi connectivity index (χ1) is 9.26. The minimum atomic E-state index is 0.158. The van der Waals surface area contributed by atoms with Gasteiger partial charge in [0.1, 0.15) is 0 Å². The fraction of sp³-hybridized carbons (Fsp3) is 0.600. The van der Waals surface area contributed by atoms with Crippen LogP contribution in [0.3, 0.4) is 0 Å². The van der Waals surface area contributed by atoms with Crippen LogP contribution in [0.15, 0.2) is 18.2 Å². The maximum atomic E-state index is 9.32. The van der Waals surface area contributed by atoms with E-state index in [4.69, 9.17) is 17.3 Å². The van der Waals surface area contributed by atoms with Crippen LogP contribution in [0.25, 0.3) is 0 Å². The van der Waals surface area contributed by atoms with Crippen LogP contribution in [0.1, 0.15) is 37.7 Å². The van der Waals surface area contributed by atoms with E-state index in [0.29, 0.717) is 19.1 Å². The first-order valence-electron chi connectivity index (χ1n) is 7.12. The second kappa shape index (κ2) is 7.13. The first kappa shape index (κ1) is 14.6. The van der Waals surface area contributed by atoms with Crippen LogP contribution in [0.2, 0.25) is 5.02 Å². The lowest BCUT2D eigenvalue weighted by Crippen LogP contribution is -2.39. The molecule has 3 N–H and O–H groups in total. The zero-order chi connectivity index (χ0) is 13.7. The molecule has 1 saturated carbocycles. The lowest BCUT2D eigenvalue weighted by Gasteiger charge is -2.36. The van der Waals surface area contributed by atoms with Crippen LogP contribution in [0.4, 0.5) is 5.69 Å². The van der Waals surface area contributed by atoms with Crippen molar-refractivity contribution in [3.05, 3.63) is 28.8 Å². The lowest BCUT2D eigenvalue weighted by molar-refractivity contribution is 0.290. The molecule has 3 nitrogen and oxygen atoms in total. The maximum Gasteiger partial charge on any atom is 0.0642 e. The number of hydrogen-bond acceptors (Lipinski definition) is 3. The second-order valence-corrected chi connectivity index (χ2v) is 5.61. The number of halogens is 1. The van der Waals surface area contributed by atoms with Gasteiger partial charge in [-0.05, 0) is 30.5 Å². The molecule has 19 heavy (non-hydrogen) atoms. The summed E-state index contributed by atoms with van der Waals surface area (Å²) in [6.45, 7) is 1.31. The molecule has 0 amide bonds. The van der Waals surface area contributed by atoms with Crippen molar-refractivity contribution >= 4 is 17.3 Å². The molecule has 2 rings (SSSR count). The molecule has 0 atom stereocenters. The molecule has 0 saturated heterocycles. The van der Waals surface area contributed by atoms with Gasteiger partial charge in [0, 0.05) is 19.1 Å². The Balaban J connectivity index is 2.22. The van der Waals surface area contributed by atoms with Crippen molar-refractivity contribution in [2.45, 2.75) is 44.7 Å². The van der Waals surface area contributed by atoms with Crippen LogP contribution < -0.4 is 10.6 Å². The van der Waals surface area contributed by atoms with Gasteiger partial charge in [-0.15, -0.1) is 0 Å². The van der Waals surface area contributed by atoms with Crippen molar-refractivity contribution in [3.8, 4) is 0 Å². The van der Waals surface area contributed by atoms with Crippen molar-refractivity contribution in [2.75, 3.05) is 18.1 Å². The van der Waals surface area contributed by atoms with Gasteiger partial charge in [0.25, 0.3) is 0 Å². The van der Waals surface area contributed by atoms with E-state index in [1.807, 2.05) is 18.2 Å². The van der Waals surface area contributed by atoms with E-state index in [1.54, 1.807) is 0 Å². The molecule has 0 aliphatic heterocycles. The van der Waals surface area contributed by atoms with Crippen LogP contribution in [0.5, 0.6) is 0 Å². The molecule has 1 aliphatic rings. The van der Waals surface area contributed by atoms with E-state index < -0.39 is 0 Å². The summed E-state index contributed by atoms with van der Waals surface area (Å²) in [5.74, 6) is 0. The summed E-state index contributed by atoms with van der Waals surface area (Å²) in [5.41, 5.74) is 7.70. The number of aliphatic hydroxyl groups is 1. The van der Waals surface area contributed by atoms with Crippen LogP contribution >= 0.6 is 11.6 Å². The maximum absolute atomic E-state index is 9.32. The van der Waals surface area contributed by atoms with Gasteiger partial charge < -0.3 is 15.7 Å². The van der Waals surface area contributed by atoms with Crippen molar-refractivity contribution in [2.24, 2.45) is 5.73 Å². The third-order valence-electron chi connectivity index (χ3n) is 3.91. The summed E-state index contributed by atoms with van der Waals surface area (Å²) in [5, 5.41) is 10.1. The molecule has 0 radical (unpaired) electrons. The quantitative estimate of drug-likeness (QED) is 0.873. The highest BCUT2D eigenvalue weighted by Gasteiger charge is 2.22. The van der Waals surface area contributed by atoms with Gasteiger partial charge in [0.05, 0.1) is 17.3 Å². The summed E-state index contributed by atoms with van der Waals surface area (Å²) < 4.78 is 0. The second-order valence-electron chi connectivity index (χ2n) is 5.20. The zero-order valence-corrected chi connectivity index (χ0v) is 12.1. The number of benzene rings is 1. The standard InChI is InChI=1S/C15H23ClN2O/c16-14-10-12(11-17)6-7-15(14)18(8-9-19)13-4-2-1-3-5-13/h6-7,10,13,19H,1-5,8-9,11,17H2. The zero-order valence-electron chi connectivity index (χ0n) is 11.3. The minimum Gasteiger partial charge on any atom is -0.395 e. The molecule has 1 aromatic rings. The molecule has 1 aromatic carbocycles. The Morgan fingerprint density at radius 2 is 2.00 bits per heavy atom. The number of rotatable bonds is 5. The van der Waals surface area contributed by atoms with E-state index in [1.165, 1.54) is 32.1 Å². The van der Waals surface area contributed by atoms with Crippen LogP contribution in [-0.2, 0) is 6.54 Å². The van der Waals surface area contributed by atoms with Crippen molar-refractivity contribution < 1.29 is 5.11 Å². The van der Waals surface area contributed by atoms with E-state index in [-0.39, 0.29) is 6.61 Å². The molecular weight excluding hydrogens is 260 g/mol. The fourth-order valence-electron chi connectivity index (χ4n) is 2.91. The number of aliphatic hydroxyl groups excluding tert-OH is 1. The van der Waals surface area contributed by atoms with Gasteiger partial charge in [-0.3, -0.25) is 0 Å². The van der Waals surface area contributed by atoms with Gasteiger partial charge in [-0.25, -0.2) is 0 Å². The predicted octanol–water partition coefficient (Wildman–Crippen LogP) is 2.93. The smallest absolute Gasteiger partial charge is 0.0642 e. The molecule has 0 bridgehead atoms. The Labute approximate surface area is 120 Å². The van der Waals surface area contributed by atoms with Gasteiger partial charge in [-0.1, -0.05) is 36.9 Å². The minimum absolute atomic E-state index is 0.158. The highest BCUT2D eigenvalue weighted by molar-refractivity contribution is 6.33. The van der Waals surface area contributed by atoms with Crippen molar-refractivity contribution in [1.82, 2.24) is 0 Å². The molecule has 0 aromatic heterocycles. The summed E-state index contributed by atoms with van der Waals surface area (Å²) in [6.07, 6.45) is 6.24. The first-order valence-corrected chi connectivity index (χ1v) is 7.50. The molecule has 4 heteroatoms. The number of nitrogens with zero attached hydrogens (tertiary/aromatic N) is 1. The monoisotopic (exact) mass is 282 g/mol. The molecule has 1 fully saturated rings. The highest BCUT2D eigenvalue weighted by Crippen LogP contribution is 2.32. The van der Waals surface area contributed by atoms with Gasteiger partial charge in [-0.2, -0.15) is 0 Å². The SMILES string of the molecule is NCc1ccc(N(CCO)C2CCCCC2)c(Cl)c1. The Hall–Kier alpha value is -0.770. The van der Waals surface area contributed by atoms with Crippen LogP contribution in [0, 0.1) is 0 Å². The van der Waals surface area contributed by atoms with E-state index >= 15 is 0 Å². The van der Waals surface area contributed by atoms with Gasteiger partial charge >= 0.3 is 0 Å². The topological polar surface area (TPSA) is 49.5 Å². The molecule has 1 aliphatic carbocycles. The summed E-state index contributed by atoms with van der Waals surface area (Å²) >= 11 is 6.38. The third kappa shape index (κ3) is 3.62. The van der Waals surface area contributed by atoms with E-state index in [2.05, 4.69) is 4.90 Å². The Morgan fingerprint density at radius 1 is 1.26 bits per heavy atom. The summed E-state index contributed by atoms with van der Waals surface area (Å²) in [6, 6.07) is 6.50. The molecule has 106 valence electrons. The lowest BCUT2D eigenvalue weighted by atomic mass is 9.93. The highest BCUT2D eigenvalue weighted by atomic mass is 35.5. The van der Waals surface area contributed by atoms with Crippen molar-refractivity contribution in [3.63, 3.8) is 0 Å². The largest absolute Gasteiger partial charge is 0.395 e. The Bertz CT molecular complexity index is 405. The normalized spacial score (nSPS) is 16.6. The summed E-state index contributed by atoms with van der Waals surface area (Å²) in [7, 11) is 0. The third-order valence-corrected chi connectivity index (χ3v) is 4.22. The van der Waals surface area contributed by atoms with Gasteiger partial charge in [0.2, 0.25) is 0 Å². The van der Waals surface area contributed by atoms with E-state index in [9.17, 15) is 5.11 Å². The number of hydrogen-bond donors (Lipinski definition) is 2. The molecule has 0 heterocycles. The average molecular weight is 283 g/mol. The molecule has 0 unspecified atom stereocenters. The number of nitrogens with two attached hydrogens (primary N) is 1. The summed E-state index contributed by atoms with van der Waals surface area (Å²) in [4.78, 5) is 2.27. The molecular formula is C15H23ClN2O. The average Bonchev–Trinajstić information content (AvgIpc) is 2.46. The van der Waals surface area contributed by atoms with Gasteiger partial charge in [0.15, 0.2) is 0 Å².